The average Bonchev–Trinajstić information content (AvgIpc) is 2.68. The van der Waals surface area contributed by atoms with E-state index in [1.807, 2.05) is 0 Å². The van der Waals surface area contributed by atoms with Gasteiger partial charge in [-0.1, -0.05) is 12.1 Å². The van der Waals surface area contributed by atoms with E-state index in [0.29, 0.717) is 11.8 Å². The average molecular weight is 225 g/mol. The molecule has 1 aromatic rings. The highest BCUT2D eigenvalue weighted by molar-refractivity contribution is 5.25. The van der Waals surface area contributed by atoms with Crippen LogP contribution >= 0.6 is 0 Å². The van der Waals surface area contributed by atoms with Gasteiger partial charge in [-0.15, -0.1) is 0 Å². The maximum Gasteiger partial charge on any atom is 0.321 e. The van der Waals surface area contributed by atoms with E-state index < -0.39 is 0 Å². The molecule has 1 aliphatic carbocycles. The van der Waals surface area contributed by atoms with Crippen molar-refractivity contribution in [1.82, 2.24) is 10.1 Å². The molecule has 16 heavy (non-hydrogen) atoms. The van der Waals surface area contributed by atoms with Crippen LogP contribution in [0.5, 0.6) is 0 Å². The van der Waals surface area contributed by atoms with E-state index in [4.69, 9.17) is 4.52 Å². The second-order valence-electron chi connectivity index (χ2n) is 4.89. The largest absolute Gasteiger partial charge is 0.394 e. The van der Waals surface area contributed by atoms with Crippen LogP contribution in [0.2, 0.25) is 0 Å². The van der Waals surface area contributed by atoms with Crippen molar-refractivity contribution in [2.75, 3.05) is 11.9 Å². The van der Waals surface area contributed by atoms with Crippen LogP contribution in [0.25, 0.3) is 0 Å². The Bertz CT molecular complexity index is 343. The minimum absolute atomic E-state index is 0.112. The summed E-state index contributed by atoms with van der Waals surface area (Å²) < 4.78 is 5.04. The fraction of sp³-hybridized carbons (Fsp3) is 0.818. The minimum atomic E-state index is -0.272. The smallest absolute Gasteiger partial charge is 0.321 e. The standard InChI is InChI=1S/C11H19N3O2/c1-8-3-5-11(7-15,6-4-8)13-10-12-9(2)14-16-10/h8,15H,3-7H2,1-2H3,(H,12,13,14). The molecule has 1 aromatic heterocycles. The molecular weight excluding hydrogens is 206 g/mol. The molecule has 1 fully saturated rings. The maximum absolute atomic E-state index is 9.54. The second-order valence-corrected chi connectivity index (χ2v) is 4.89. The molecule has 0 spiro atoms. The maximum atomic E-state index is 9.54. The highest BCUT2D eigenvalue weighted by Crippen LogP contribution is 2.33. The summed E-state index contributed by atoms with van der Waals surface area (Å²) >= 11 is 0. The SMILES string of the molecule is Cc1noc(NC2(CO)CCC(C)CC2)n1. The van der Waals surface area contributed by atoms with E-state index in [0.717, 1.165) is 31.6 Å². The van der Waals surface area contributed by atoms with Crippen LogP contribution in [-0.2, 0) is 0 Å². The van der Waals surface area contributed by atoms with E-state index in [1.165, 1.54) is 0 Å². The van der Waals surface area contributed by atoms with Gasteiger partial charge in [-0.3, -0.25) is 0 Å². The summed E-state index contributed by atoms with van der Waals surface area (Å²) in [6, 6.07) is 0.418. The summed E-state index contributed by atoms with van der Waals surface area (Å²) in [6.07, 6.45) is 4.15. The molecule has 5 nitrogen and oxygen atoms in total. The predicted octanol–water partition coefficient (Wildman–Crippen LogP) is 1.73. The van der Waals surface area contributed by atoms with Crippen LogP contribution in [0.1, 0.15) is 38.4 Å². The molecule has 0 aromatic carbocycles. The Kier molecular flexibility index (Phi) is 3.14. The van der Waals surface area contributed by atoms with Gasteiger partial charge in [0.05, 0.1) is 12.1 Å². The van der Waals surface area contributed by atoms with Gasteiger partial charge in [0.2, 0.25) is 0 Å². The first-order chi connectivity index (χ1) is 7.63. The summed E-state index contributed by atoms with van der Waals surface area (Å²) in [5.41, 5.74) is -0.272. The predicted molar refractivity (Wildman–Crippen MR) is 60.1 cm³/mol. The summed E-state index contributed by atoms with van der Waals surface area (Å²) in [5, 5.41) is 16.5. The molecule has 1 aliphatic rings. The number of anilines is 1. The van der Waals surface area contributed by atoms with E-state index >= 15 is 0 Å². The molecule has 5 heteroatoms. The van der Waals surface area contributed by atoms with Crippen molar-refractivity contribution in [3.05, 3.63) is 5.82 Å². The number of aliphatic hydroxyl groups is 1. The molecule has 2 N–H and O–H groups in total. The Morgan fingerprint density at radius 3 is 2.69 bits per heavy atom. The topological polar surface area (TPSA) is 71.2 Å². The molecule has 2 rings (SSSR count). The number of hydrogen-bond donors (Lipinski definition) is 2. The fourth-order valence-electron chi connectivity index (χ4n) is 2.21. The zero-order valence-electron chi connectivity index (χ0n) is 9.86. The fourth-order valence-corrected chi connectivity index (χ4v) is 2.21. The second kappa shape index (κ2) is 4.41. The van der Waals surface area contributed by atoms with Gasteiger partial charge >= 0.3 is 6.01 Å². The molecule has 0 amide bonds. The number of aryl methyl sites for hydroxylation is 1. The number of rotatable bonds is 3. The summed E-state index contributed by atoms with van der Waals surface area (Å²) in [4.78, 5) is 4.12. The quantitative estimate of drug-likeness (QED) is 0.819. The molecule has 1 heterocycles. The van der Waals surface area contributed by atoms with Crippen LogP contribution in [0.3, 0.4) is 0 Å². The van der Waals surface area contributed by atoms with Gasteiger partial charge in [0.25, 0.3) is 0 Å². The molecule has 0 unspecified atom stereocenters. The Morgan fingerprint density at radius 2 is 2.19 bits per heavy atom. The Morgan fingerprint density at radius 1 is 1.50 bits per heavy atom. The van der Waals surface area contributed by atoms with Gasteiger partial charge in [0.15, 0.2) is 5.82 Å². The molecule has 0 atom stereocenters. The summed E-state index contributed by atoms with van der Waals surface area (Å²) in [7, 11) is 0. The molecule has 0 aliphatic heterocycles. The number of nitrogens with one attached hydrogen (secondary N) is 1. The van der Waals surface area contributed by atoms with Crippen molar-refractivity contribution in [3.63, 3.8) is 0 Å². The normalized spacial score (nSPS) is 30.3. The van der Waals surface area contributed by atoms with E-state index in [-0.39, 0.29) is 12.1 Å². The lowest BCUT2D eigenvalue weighted by Gasteiger charge is -2.37. The lowest BCUT2D eigenvalue weighted by molar-refractivity contribution is 0.152. The third-order valence-corrected chi connectivity index (χ3v) is 3.43. The zero-order valence-corrected chi connectivity index (χ0v) is 9.86. The van der Waals surface area contributed by atoms with Crippen LogP contribution in [0.15, 0.2) is 4.52 Å². The van der Waals surface area contributed by atoms with Crippen molar-refractivity contribution in [2.24, 2.45) is 5.92 Å². The van der Waals surface area contributed by atoms with E-state index in [1.54, 1.807) is 6.92 Å². The van der Waals surface area contributed by atoms with Crippen LogP contribution in [0, 0.1) is 12.8 Å². The van der Waals surface area contributed by atoms with Gasteiger partial charge in [-0.25, -0.2) is 0 Å². The van der Waals surface area contributed by atoms with Crippen LogP contribution in [0.4, 0.5) is 6.01 Å². The summed E-state index contributed by atoms with van der Waals surface area (Å²) in [6.45, 7) is 4.14. The molecule has 0 radical (unpaired) electrons. The third-order valence-electron chi connectivity index (χ3n) is 3.43. The van der Waals surface area contributed by atoms with Gasteiger partial charge < -0.3 is 14.9 Å². The third kappa shape index (κ3) is 2.35. The van der Waals surface area contributed by atoms with Gasteiger partial charge in [-0.2, -0.15) is 4.98 Å². The first-order valence-corrected chi connectivity index (χ1v) is 5.83. The summed E-state index contributed by atoms with van der Waals surface area (Å²) in [5.74, 6) is 1.35. The molecule has 1 saturated carbocycles. The van der Waals surface area contributed by atoms with Crippen molar-refractivity contribution >= 4 is 6.01 Å². The lowest BCUT2D eigenvalue weighted by Crippen LogP contribution is -2.45. The zero-order chi connectivity index (χ0) is 11.6. The first kappa shape index (κ1) is 11.4. The molecule has 0 bridgehead atoms. The molecule has 0 saturated heterocycles. The number of nitrogens with zero attached hydrogens (tertiary/aromatic N) is 2. The van der Waals surface area contributed by atoms with Crippen LogP contribution in [-0.4, -0.2) is 27.4 Å². The molecular formula is C11H19N3O2. The molecule has 90 valence electrons. The van der Waals surface area contributed by atoms with Gasteiger partial charge in [-0.05, 0) is 38.5 Å². The Hall–Kier alpha value is -1.10. The number of aromatic nitrogens is 2. The van der Waals surface area contributed by atoms with E-state index in [9.17, 15) is 5.11 Å². The van der Waals surface area contributed by atoms with E-state index in [2.05, 4.69) is 22.4 Å². The van der Waals surface area contributed by atoms with Crippen molar-refractivity contribution in [2.45, 2.75) is 45.1 Å². The lowest BCUT2D eigenvalue weighted by atomic mass is 9.77. The van der Waals surface area contributed by atoms with Crippen LogP contribution < -0.4 is 5.32 Å². The van der Waals surface area contributed by atoms with Gasteiger partial charge in [0, 0.05) is 0 Å². The number of hydrogen-bond acceptors (Lipinski definition) is 5. The first-order valence-electron chi connectivity index (χ1n) is 5.83. The highest BCUT2D eigenvalue weighted by Gasteiger charge is 2.34. The van der Waals surface area contributed by atoms with Gasteiger partial charge in [0.1, 0.15) is 0 Å². The Balaban J connectivity index is 2.04. The minimum Gasteiger partial charge on any atom is -0.394 e. The number of aliphatic hydroxyl groups excluding tert-OH is 1. The highest BCUT2D eigenvalue weighted by atomic mass is 16.5. The monoisotopic (exact) mass is 225 g/mol. The Labute approximate surface area is 95.2 Å². The van der Waals surface area contributed by atoms with Crippen molar-refractivity contribution in [3.8, 4) is 0 Å². The van der Waals surface area contributed by atoms with Crippen molar-refractivity contribution < 1.29 is 9.63 Å². The van der Waals surface area contributed by atoms with Crippen molar-refractivity contribution in [1.29, 1.82) is 0 Å².